The number of esters is 1. The molecule has 1 aromatic rings. The van der Waals surface area contributed by atoms with Gasteiger partial charge in [0.25, 0.3) is 0 Å². The van der Waals surface area contributed by atoms with Crippen LogP contribution in [0, 0.1) is 11.8 Å². The highest BCUT2D eigenvalue weighted by Gasteiger charge is 2.29. The molecule has 1 atom stereocenters. The Kier molecular flexibility index (Phi) is 3.95. The van der Waals surface area contributed by atoms with E-state index in [9.17, 15) is 4.79 Å². The zero-order valence-corrected chi connectivity index (χ0v) is 11.8. The van der Waals surface area contributed by atoms with Crippen LogP contribution in [0.15, 0.2) is 0 Å². The van der Waals surface area contributed by atoms with Crippen molar-refractivity contribution < 1.29 is 9.53 Å². The van der Waals surface area contributed by atoms with Gasteiger partial charge in [0.2, 0.25) is 0 Å². The number of hydrogen-bond donors (Lipinski definition) is 0. The fourth-order valence-corrected chi connectivity index (χ4v) is 2.75. The zero-order valence-electron chi connectivity index (χ0n) is 11.1. The lowest BCUT2D eigenvalue weighted by molar-refractivity contribution is -0.146. The highest BCUT2D eigenvalue weighted by atomic mass is 35.5. The normalized spacial score (nSPS) is 18.8. The fourth-order valence-electron chi connectivity index (χ4n) is 2.47. The molecule has 0 N–H and O–H groups in total. The molecule has 0 aromatic carbocycles. The summed E-state index contributed by atoms with van der Waals surface area (Å²) in [6.45, 7) is 5.13. The quantitative estimate of drug-likeness (QED) is 0.793. The molecule has 1 aliphatic heterocycles. The molecular weight excluding hydrogens is 252 g/mol. The Morgan fingerprint density at radius 3 is 2.94 bits per heavy atom. The average molecular weight is 271 g/mol. The number of nitrogens with zero attached hydrogens (tertiary/aromatic N) is 2. The lowest BCUT2D eigenvalue weighted by Crippen LogP contribution is -2.27. The number of rotatable bonds is 3. The van der Waals surface area contributed by atoms with Crippen molar-refractivity contribution in [3.05, 3.63) is 16.7 Å². The number of aromatic nitrogens is 2. The van der Waals surface area contributed by atoms with Gasteiger partial charge in [0.1, 0.15) is 5.82 Å². The number of ether oxygens (including phenoxy) is 1. The van der Waals surface area contributed by atoms with Crippen LogP contribution >= 0.6 is 11.6 Å². The summed E-state index contributed by atoms with van der Waals surface area (Å²) in [7, 11) is 1.43. The fraction of sp³-hybridized carbons (Fsp3) is 0.692. The highest BCUT2D eigenvalue weighted by Crippen LogP contribution is 2.29. The molecule has 0 saturated carbocycles. The van der Waals surface area contributed by atoms with Crippen LogP contribution in [0.3, 0.4) is 0 Å². The second-order valence-electron chi connectivity index (χ2n) is 5.23. The van der Waals surface area contributed by atoms with Crippen LogP contribution in [0.2, 0.25) is 5.15 Å². The molecule has 0 fully saturated rings. The maximum atomic E-state index is 11.6. The first-order valence-corrected chi connectivity index (χ1v) is 6.72. The van der Waals surface area contributed by atoms with E-state index in [-0.39, 0.29) is 11.9 Å². The molecule has 5 heteroatoms. The number of carbonyl (C=O) groups excluding carboxylic acids is 1. The molecule has 0 radical (unpaired) electrons. The summed E-state index contributed by atoms with van der Waals surface area (Å²) in [6, 6.07) is 0. The van der Waals surface area contributed by atoms with Gasteiger partial charge in [0, 0.05) is 19.4 Å². The number of carbonyl (C=O) groups is 1. The maximum absolute atomic E-state index is 11.6. The Bertz CT molecular complexity index is 454. The second-order valence-corrected chi connectivity index (χ2v) is 5.59. The van der Waals surface area contributed by atoms with Crippen molar-refractivity contribution in [1.29, 1.82) is 0 Å². The zero-order chi connectivity index (χ0) is 13.3. The lowest BCUT2D eigenvalue weighted by Gasteiger charge is -2.23. The molecule has 4 nitrogen and oxygen atoms in total. The van der Waals surface area contributed by atoms with Crippen molar-refractivity contribution in [3.63, 3.8) is 0 Å². The Morgan fingerprint density at radius 2 is 2.33 bits per heavy atom. The Balaban J connectivity index is 2.23. The summed E-state index contributed by atoms with van der Waals surface area (Å²) in [6.07, 6.45) is 2.36. The molecule has 2 rings (SSSR count). The van der Waals surface area contributed by atoms with E-state index in [0.29, 0.717) is 17.5 Å². The number of imidazole rings is 1. The van der Waals surface area contributed by atoms with E-state index in [1.165, 1.54) is 7.11 Å². The second kappa shape index (κ2) is 5.31. The molecular formula is C13H19ClN2O2. The minimum atomic E-state index is -0.149. The maximum Gasteiger partial charge on any atom is 0.309 e. The van der Waals surface area contributed by atoms with Crippen LogP contribution in [-0.4, -0.2) is 22.6 Å². The summed E-state index contributed by atoms with van der Waals surface area (Å²) in [5.41, 5.74) is 0.981. The van der Waals surface area contributed by atoms with Crippen LogP contribution < -0.4 is 0 Å². The average Bonchev–Trinajstić information content (AvgIpc) is 2.64. The van der Waals surface area contributed by atoms with Gasteiger partial charge in [-0.05, 0) is 12.3 Å². The van der Waals surface area contributed by atoms with Crippen LogP contribution in [0.1, 0.15) is 31.8 Å². The molecule has 100 valence electrons. The Labute approximate surface area is 112 Å². The van der Waals surface area contributed by atoms with Crippen molar-refractivity contribution in [2.75, 3.05) is 7.11 Å². The van der Waals surface area contributed by atoms with E-state index < -0.39 is 0 Å². The van der Waals surface area contributed by atoms with Gasteiger partial charge in [-0.25, -0.2) is 4.98 Å². The van der Waals surface area contributed by atoms with Gasteiger partial charge < -0.3 is 9.30 Å². The van der Waals surface area contributed by atoms with E-state index in [0.717, 1.165) is 30.9 Å². The molecule has 0 spiro atoms. The smallest absolute Gasteiger partial charge is 0.309 e. The van der Waals surface area contributed by atoms with E-state index >= 15 is 0 Å². The van der Waals surface area contributed by atoms with Crippen molar-refractivity contribution in [2.45, 2.75) is 39.7 Å². The van der Waals surface area contributed by atoms with Gasteiger partial charge in [-0.2, -0.15) is 0 Å². The summed E-state index contributed by atoms with van der Waals surface area (Å²) in [5.74, 6) is 1.35. The largest absolute Gasteiger partial charge is 0.469 e. The summed E-state index contributed by atoms with van der Waals surface area (Å²) < 4.78 is 6.97. The minimum Gasteiger partial charge on any atom is -0.469 e. The molecule has 0 saturated heterocycles. The third-order valence-corrected chi connectivity index (χ3v) is 3.67. The Morgan fingerprint density at radius 1 is 1.61 bits per heavy atom. The first-order valence-electron chi connectivity index (χ1n) is 6.34. The van der Waals surface area contributed by atoms with Gasteiger partial charge in [-0.1, -0.05) is 25.4 Å². The third kappa shape index (κ3) is 2.53. The number of hydrogen-bond acceptors (Lipinski definition) is 3. The van der Waals surface area contributed by atoms with Gasteiger partial charge in [-0.15, -0.1) is 0 Å². The van der Waals surface area contributed by atoms with Crippen LogP contribution in [0.25, 0.3) is 0 Å². The number of methoxy groups -OCH3 is 1. The first-order chi connectivity index (χ1) is 8.52. The van der Waals surface area contributed by atoms with E-state index in [2.05, 4.69) is 23.4 Å². The van der Waals surface area contributed by atoms with E-state index in [4.69, 9.17) is 16.3 Å². The highest BCUT2D eigenvalue weighted by molar-refractivity contribution is 6.30. The van der Waals surface area contributed by atoms with Crippen LogP contribution in [-0.2, 0) is 28.9 Å². The molecule has 0 amide bonds. The summed E-state index contributed by atoms with van der Waals surface area (Å²) in [5, 5.41) is 0.541. The van der Waals surface area contributed by atoms with Gasteiger partial charge in [-0.3, -0.25) is 4.79 Å². The summed E-state index contributed by atoms with van der Waals surface area (Å²) in [4.78, 5) is 16.0. The van der Waals surface area contributed by atoms with E-state index in [1.54, 1.807) is 0 Å². The number of halogens is 1. The minimum absolute atomic E-state index is 0.0800. The molecule has 1 unspecified atom stereocenters. The molecule has 0 bridgehead atoms. The van der Waals surface area contributed by atoms with Crippen LogP contribution in [0.4, 0.5) is 0 Å². The van der Waals surface area contributed by atoms with Crippen molar-refractivity contribution in [2.24, 2.45) is 11.8 Å². The molecule has 1 aliphatic rings. The standard InChI is InChI=1S/C13H19ClN2O2/c1-8(2)6-11-15-12(14)10-7-9(13(17)18-3)4-5-16(10)11/h8-9H,4-7H2,1-3H3. The number of fused-ring (bicyclic) bond motifs is 1. The molecule has 0 aliphatic carbocycles. The third-order valence-electron chi connectivity index (χ3n) is 3.37. The Hall–Kier alpha value is -1.03. The monoisotopic (exact) mass is 270 g/mol. The van der Waals surface area contributed by atoms with E-state index in [1.807, 2.05) is 0 Å². The predicted octanol–water partition coefficient (Wildman–Crippen LogP) is 2.47. The SMILES string of the molecule is COC(=O)C1CCn2c(CC(C)C)nc(Cl)c2C1. The van der Waals surface area contributed by atoms with Gasteiger partial charge in [0.05, 0.1) is 18.7 Å². The predicted molar refractivity (Wildman–Crippen MR) is 69.6 cm³/mol. The molecule has 18 heavy (non-hydrogen) atoms. The van der Waals surface area contributed by atoms with Crippen molar-refractivity contribution >= 4 is 17.6 Å². The van der Waals surface area contributed by atoms with Crippen molar-refractivity contribution in [3.8, 4) is 0 Å². The summed E-state index contributed by atoms with van der Waals surface area (Å²) >= 11 is 6.18. The molecule has 2 heterocycles. The van der Waals surface area contributed by atoms with Crippen molar-refractivity contribution in [1.82, 2.24) is 9.55 Å². The lowest BCUT2D eigenvalue weighted by atomic mass is 9.96. The topological polar surface area (TPSA) is 44.1 Å². The van der Waals surface area contributed by atoms with Gasteiger partial charge >= 0.3 is 5.97 Å². The van der Waals surface area contributed by atoms with Crippen LogP contribution in [0.5, 0.6) is 0 Å². The first kappa shape index (κ1) is 13.4. The molecule has 1 aromatic heterocycles. The van der Waals surface area contributed by atoms with Gasteiger partial charge in [0.15, 0.2) is 5.15 Å².